The summed E-state index contributed by atoms with van der Waals surface area (Å²) in [7, 11) is 0. The van der Waals surface area contributed by atoms with Gasteiger partial charge in [0.2, 0.25) is 5.91 Å². The van der Waals surface area contributed by atoms with Crippen molar-refractivity contribution in [3.63, 3.8) is 0 Å². The first-order valence-corrected chi connectivity index (χ1v) is 8.15. The number of H-pyrrole nitrogens is 1. The molecule has 0 bridgehead atoms. The van der Waals surface area contributed by atoms with Crippen molar-refractivity contribution in [2.24, 2.45) is 0 Å². The maximum absolute atomic E-state index is 12.3. The molecule has 3 rings (SSSR count). The molecule has 128 valence electrons. The zero-order valence-electron chi connectivity index (χ0n) is 13.7. The zero-order chi connectivity index (χ0) is 17.2. The van der Waals surface area contributed by atoms with E-state index < -0.39 is 11.5 Å². The molecule has 1 unspecified atom stereocenters. The van der Waals surface area contributed by atoms with E-state index in [0.29, 0.717) is 25.9 Å². The van der Waals surface area contributed by atoms with Gasteiger partial charge in [0, 0.05) is 30.1 Å². The Morgan fingerprint density at radius 3 is 2.96 bits per heavy atom. The molecule has 1 fully saturated rings. The number of aromatic nitrogens is 1. The van der Waals surface area contributed by atoms with Crippen LogP contribution in [0.25, 0.3) is 10.9 Å². The average Bonchev–Trinajstić information content (AvgIpc) is 3.11. The minimum atomic E-state index is -0.923. The monoisotopic (exact) mass is 330 g/mol. The molecule has 6 heteroatoms. The van der Waals surface area contributed by atoms with E-state index in [1.54, 1.807) is 0 Å². The molecular weight excluding hydrogens is 308 g/mol. The van der Waals surface area contributed by atoms with Gasteiger partial charge < -0.3 is 20.1 Å². The quantitative estimate of drug-likeness (QED) is 0.757. The first-order valence-electron chi connectivity index (χ1n) is 8.15. The lowest BCUT2D eigenvalue weighted by Crippen LogP contribution is -2.50. The summed E-state index contributed by atoms with van der Waals surface area (Å²) in [6.45, 7) is 2.78. The van der Waals surface area contributed by atoms with Crippen molar-refractivity contribution in [1.82, 2.24) is 10.3 Å². The largest absolute Gasteiger partial charge is 0.481 e. The van der Waals surface area contributed by atoms with E-state index in [9.17, 15) is 9.59 Å². The number of rotatable bonds is 6. The normalized spacial score (nSPS) is 20.4. The fraction of sp³-hybridized carbons (Fsp3) is 0.444. The van der Waals surface area contributed by atoms with E-state index in [1.165, 1.54) is 5.56 Å². The minimum absolute atomic E-state index is 0.106. The van der Waals surface area contributed by atoms with Crippen molar-refractivity contribution in [3.05, 3.63) is 35.5 Å². The molecule has 1 aromatic carbocycles. The fourth-order valence-corrected chi connectivity index (χ4v) is 3.28. The van der Waals surface area contributed by atoms with Crippen molar-refractivity contribution in [2.75, 3.05) is 13.2 Å². The lowest BCUT2D eigenvalue weighted by atomic mass is 9.94. The van der Waals surface area contributed by atoms with Gasteiger partial charge in [-0.2, -0.15) is 0 Å². The number of ether oxygens (including phenoxy) is 1. The highest BCUT2D eigenvalue weighted by Gasteiger charge is 2.38. The summed E-state index contributed by atoms with van der Waals surface area (Å²) in [4.78, 5) is 26.6. The Morgan fingerprint density at radius 1 is 1.42 bits per heavy atom. The van der Waals surface area contributed by atoms with Gasteiger partial charge in [-0.15, -0.1) is 0 Å². The SMILES string of the molecule is Cc1ccc2[nH]cc(CCC(=O)NC3(CC(=O)O)CCOC3)c2c1. The fourth-order valence-electron chi connectivity index (χ4n) is 3.28. The first-order chi connectivity index (χ1) is 11.5. The molecule has 6 nitrogen and oxygen atoms in total. The topological polar surface area (TPSA) is 91.4 Å². The number of carbonyl (C=O) groups excluding carboxylic acids is 1. The van der Waals surface area contributed by atoms with Gasteiger partial charge in [0.1, 0.15) is 0 Å². The maximum atomic E-state index is 12.3. The molecule has 2 heterocycles. The molecule has 1 amide bonds. The number of aryl methyl sites for hydroxylation is 2. The second-order valence-corrected chi connectivity index (χ2v) is 6.56. The van der Waals surface area contributed by atoms with Crippen molar-refractivity contribution < 1.29 is 19.4 Å². The number of nitrogens with one attached hydrogen (secondary N) is 2. The standard InChI is InChI=1S/C18H22N2O4/c1-12-2-4-15-14(8-12)13(10-19-15)3-5-16(21)20-18(9-17(22)23)6-7-24-11-18/h2,4,8,10,19H,3,5-7,9,11H2,1H3,(H,20,21)(H,22,23). The molecule has 0 radical (unpaired) electrons. The average molecular weight is 330 g/mol. The molecule has 0 spiro atoms. The van der Waals surface area contributed by atoms with Crippen LogP contribution in [0.2, 0.25) is 0 Å². The van der Waals surface area contributed by atoms with Crippen LogP contribution in [0.3, 0.4) is 0 Å². The molecule has 1 aliphatic heterocycles. The predicted molar refractivity (Wildman–Crippen MR) is 89.9 cm³/mol. The highest BCUT2D eigenvalue weighted by Crippen LogP contribution is 2.24. The number of amides is 1. The summed E-state index contributed by atoms with van der Waals surface area (Å²) >= 11 is 0. The Balaban J connectivity index is 1.64. The van der Waals surface area contributed by atoms with Crippen LogP contribution in [0.1, 0.15) is 30.4 Å². The Hall–Kier alpha value is -2.34. The number of carboxylic acids is 1. The van der Waals surface area contributed by atoms with Gasteiger partial charge in [0.15, 0.2) is 0 Å². The van der Waals surface area contributed by atoms with E-state index in [0.717, 1.165) is 16.5 Å². The molecule has 1 aliphatic rings. The summed E-state index contributed by atoms with van der Waals surface area (Å²) in [5.41, 5.74) is 2.57. The van der Waals surface area contributed by atoms with Crippen LogP contribution in [0.4, 0.5) is 0 Å². The summed E-state index contributed by atoms with van der Waals surface area (Å²) < 4.78 is 5.30. The molecular formula is C18H22N2O4. The van der Waals surface area contributed by atoms with E-state index in [-0.39, 0.29) is 18.9 Å². The molecule has 0 aliphatic carbocycles. The van der Waals surface area contributed by atoms with Crippen molar-refractivity contribution in [3.8, 4) is 0 Å². The van der Waals surface area contributed by atoms with Gasteiger partial charge in [0.05, 0.1) is 18.6 Å². The van der Waals surface area contributed by atoms with E-state index in [2.05, 4.69) is 16.4 Å². The minimum Gasteiger partial charge on any atom is -0.481 e. The van der Waals surface area contributed by atoms with E-state index in [1.807, 2.05) is 25.3 Å². The van der Waals surface area contributed by atoms with Gasteiger partial charge in [-0.3, -0.25) is 9.59 Å². The molecule has 1 atom stereocenters. The maximum Gasteiger partial charge on any atom is 0.305 e. The van der Waals surface area contributed by atoms with Crippen molar-refractivity contribution in [1.29, 1.82) is 0 Å². The Bertz CT molecular complexity index is 759. The third-order valence-electron chi connectivity index (χ3n) is 4.54. The number of fused-ring (bicyclic) bond motifs is 1. The van der Waals surface area contributed by atoms with Gasteiger partial charge >= 0.3 is 5.97 Å². The Morgan fingerprint density at radius 2 is 2.25 bits per heavy atom. The van der Waals surface area contributed by atoms with Gasteiger partial charge in [-0.1, -0.05) is 11.6 Å². The molecule has 1 aromatic heterocycles. The van der Waals surface area contributed by atoms with Crippen LogP contribution in [0, 0.1) is 6.92 Å². The molecule has 3 N–H and O–H groups in total. The van der Waals surface area contributed by atoms with Crippen molar-refractivity contribution in [2.45, 2.75) is 38.1 Å². The Labute approximate surface area is 140 Å². The predicted octanol–water partition coefficient (Wildman–Crippen LogP) is 2.16. The number of carbonyl (C=O) groups is 2. The summed E-state index contributed by atoms with van der Waals surface area (Å²) in [6, 6.07) is 6.19. The number of aliphatic carboxylic acids is 1. The summed E-state index contributed by atoms with van der Waals surface area (Å²) in [5, 5.41) is 13.1. The smallest absolute Gasteiger partial charge is 0.305 e. The number of hydrogen-bond acceptors (Lipinski definition) is 3. The summed E-state index contributed by atoms with van der Waals surface area (Å²) in [6.07, 6.45) is 3.30. The van der Waals surface area contributed by atoms with Crippen LogP contribution in [-0.4, -0.2) is 40.7 Å². The molecule has 2 aromatic rings. The van der Waals surface area contributed by atoms with E-state index >= 15 is 0 Å². The van der Waals surface area contributed by atoms with Crippen molar-refractivity contribution >= 4 is 22.8 Å². The highest BCUT2D eigenvalue weighted by molar-refractivity contribution is 5.85. The van der Waals surface area contributed by atoms with Crippen LogP contribution in [-0.2, 0) is 20.7 Å². The van der Waals surface area contributed by atoms with Crippen LogP contribution in [0.15, 0.2) is 24.4 Å². The summed E-state index contributed by atoms with van der Waals surface area (Å²) in [5.74, 6) is -1.06. The van der Waals surface area contributed by atoms with Crippen LogP contribution >= 0.6 is 0 Å². The third kappa shape index (κ3) is 3.59. The molecule has 24 heavy (non-hydrogen) atoms. The second kappa shape index (κ2) is 6.65. The molecule has 1 saturated heterocycles. The second-order valence-electron chi connectivity index (χ2n) is 6.56. The number of hydrogen-bond donors (Lipinski definition) is 3. The Kier molecular flexibility index (Phi) is 4.57. The number of carboxylic acid groups (broad SMARTS) is 1. The number of benzene rings is 1. The zero-order valence-corrected chi connectivity index (χ0v) is 13.7. The highest BCUT2D eigenvalue weighted by atomic mass is 16.5. The molecule has 0 saturated carbocycles. The number of aromatic amines is 1. The third-order valence-corrected chi connectivity index (χ3v) is 4.54. The lowest BCUT2D eigenvalue weighted by Gasteiger charge is -2.27. The van der Waals surface area contributed by atoms with Gasteiger partial charge in [-0.05, 0) is 37.5 Å². The van der Waals surface area contributed by atoms with Gasteiger partial charge in [0.25, 0.3) is 0 Å². The van der Waals surface area contributed by atoms with E-state index in [4.69, 9.17) is 9.84 Å². The first kappa shape index (κ1) is 16.5. The van der Waals surface area contributed by atoms with Gasteiger partial charge in [-0.25, -0.2) is 0 Å². The van der Waals surface area contributed by atoms with Crippen LogP contribution in [0.5, 0.6) is 0 Å². The van der Waals surface area contributed by atoms with Crippen LogP contribution < -0.4 is 5.32 Å². The lowest BCUT2D eigenvalue weighted by molar-refractivity contribution is -0.139.